The van der Waals surface area contributed by atoms with Crippen LogP contribution in [-0.2, 0) is 4.79 Å². The summed E-state index contributed by atoms with van der Waals surface area (Å²) in [6, 6.07) is 9.80. The Morgan fingerprint density at radius 2 is 2.00 bits per heavy atom. The second-order valence-electron chi connectivity index (χ2n) is 6.21. The average molecular weight is 338 g/mol. The smallest absolute Gasteiger partial charge is 0.254 e. The SMILES string of the molecule is O=C(NCC1CCN(C(=O)/C=C/c2ccccc2)CC1)c1cn[nH]c1. The van der Waals surface area contributed by atoms with Crippen LogP contribution in [0.3, 0.4) is 0 Å². The van der Waals surface area contributed by atoms with E-state index in [1.54, 1.807) is 12.3 Å². The first kappa shape index (κ1) is 17.0. The Bertz CT molecular complexity index is 717. The molecular formula is C19H22N4O2. The number of H-pyrrole nitrogens is 1. The molecule has 0 bridgehead atoms. The molecule has 1 aliphatic rings. The minimum absolute atomic E-state index is 0.0461. The van der Waals surface area contributed by atoms with Gasteiger partial charge in [-0.25, -0.2) is 0 Å². The molecule has 6 heteroatoms. The van der Waals surface area contributed by atoms with Crippen molar-refractivity contribution in [3.63, 3.8) is 0 Å². The van der Waals surface area contributed by atoms with Gasteiger partial charge in [-0.05, 0) is 30.4 Å². The second-order valence-corrected chi connectivity index (χ2v) is 6.21. The van der Waals surface area contributed by atoms with Crippen LogP contribution in [0.15, 0.2) is 48.8 Å². The molecule has 25 heavy (non-hydrogen) atoms. The molecule has 2 aromatic rings. The average Bonchev–Trinajstić information content (AvgIpc) is 3.20. The molecule has 1 fully saturated rings. The number of aromatic amines is 1. The number of amides is 2. The van der Waals surface area contributed by atoms with Crippen molar-refractivity contribution < 1.29 is 9.59 Å². The van der Waals surface area contributed by atoms with Crippen LogP contribution in [0.25, 0.3) is 6.08 Å². The molecule has 0 aliphatic carbocycles. The van der Waals surface area contributed by atoms with Gasteiger partial charge in [-0.2, -0.15) is 5.10 Å². The number of likely N-dealkylation sites (tertiary alicyclic amines) is 1. The first-order chi connectivity index (χ1) is 12.2. The van der Waals surface area contributed by atoms with E-state index < -0.39 is 0 Å². The third kappa shape index (κ3) is 4.79. The van der Waals surface area contributed by atoms with Gasteiger partial charge in [-0.15, -0.1) is 0 Å². The van der Waals surface area contributed by atoms with Crippen molar-refractivity contribution in [1.29, 1.82) is 0 Å². The predicted molar refractivity (Wildman–Crippen MR) is 95.7 cm³/mol. The number of aromatic nitrogens is 2. The lowest BCUT2D eigenvalue weighted by molar-refractivity contribution is -0.127. The van der Waals surface area contributed by atoms with Crippen molar-refractivity contribution in [3.8, 4) is 0 Å². The lowest BCUT2D eigenvalue weighted by Gasteiger charge is -2.31. The van der Waals surface area contributed by atoms with E-state index in [-0.39, 0.29) is 11.8 Å². The van der Waals surface area contributed by atoms with Crippen molar-refractivity contribution in [2.24, 2.45) is 5.92 Å². The van der Waals surface area contributed by atoms with Crippen LogP contribution in [0.5, 0.6) is 0 Å². The summed E-state index contributed by atoms with van der Waals surface area (Å²) in [6.07, 6.45) is 8.37. The first-order valence-electron chi connectivity index (χ1n) is 8.51. The summed E-state index contributed by atoms with van der Waals surface area (Å²) in [6.45, 7) is 2.08. The fourth-order valence-electron chi connectivity index (χ4n) is 2.91. The third-order valence-electron chi connectivity index (χ3n) is 4.46. The van der Waals surface area contributed by atoms with E-state index in [2.05, 4.69) is 15.5 Å². The summed E-state index contributed by atoms with van der Waals surface area (Å²) in [5, 5.41) is 9.33. The number of carbonyl (C=O) groups is 2. The largest absolute Gasteiger partial charge is 0.352 e. The molecule has 1 aromatic heterocycles. The number of hydrogen-bond acceptors (Lipinski definition) is 3. The topological polar surface area (TPSA) is 78.1 Å². The molecule has 0 radical (unpaired) electrons. The third-order valence-corrected chi connectivity index (χ3v) is 4.46. The number of benzene rings is 1. The van der Waals surface area contributed by atoms with Gasteiger partial charge in [-0.1, -0.05) is 30.3 Å². The molecule has 2 amide bonds. The molecule has 6 nitrogen and oxygen atoms in total. The summed E-state index contributed by atoms with van der Waals surface area (Å²) < 4.78 is 0. The molecule has 0 saturated carbocycles. The maximum absolute atomic E-state index is 12.3. The highest BCUT2D eigenvalue weighted by Crippen LogP contribution is 2.17. The van der Waals surface area contributed by atoms with E-state index in [0.717, 1.165) is 31.5 Å². The van der Waals surface area contributed by atoms with Gasteiger partial charge in [0.2, 0.25) is 5.91 Å². The molecule has 2 heterocycles. The Hall–Kier alpha value is -2.89. The van der Waals surface area contributed by atoms with Gasteiger partial charge in [0.05, 0.1) is 11.8 Å². The van der Waals surface area contributed by atoms with E-state index in [1.165, 1.54) is 6.20 Å². The number of rotatable bonds is 5. The molecule has 0 atom stereocenters. The molecule has 1 aliphatic heterocycles. The number of nitrogens with one attached hydrogen (secondary N) is 2. The van der Waals surface area contributed by atoms with Crippen molar-refractivity contribution in [1.82, 2.24) is 20.4 Å². The lowest BCUT2D eigenvalue weighted by Crippen LogP contribution is -2.40. The van der Waals surface area contributed by atoms with Gasteiger partial charge in [0.25, 0.3) is 5.91 Å². The van der Waals surface area contributed by atoms with Gasteiger partial charge in [0, 0.05) is 31.9 Å². The fourth-order valence-corrected chi connectivity index (χ4v) is 2.91. The van der Waals surface area contributed by atoms with Gasteiger partial charge in [0.15, 0.2) is 0 Å². The van der Waals surface area contributed by atoms with Crippen molar-refractivity contribution in [3.05, 3.63) is 59.9 Å². The minimum Gasteiger partial charge on any atom is -0.352 e. The number of hydrogen-bond donors (Lipinski definition) is 2. The van der Waals surface area contributed by atoms with E-state index in [0.29, 0.717) is 18.0 Å². The highest BCUT2D eigenvalue weighted by Gasteiger charge is 2.22. The minimum atomic E-state index is -0.113. The Kier molecular flexibility index (Phi) is 5.61. The zero-order chi connectivity index (χ0) is 17.5. The Balaban J connectivity index is 1.41. The summed E-state index contributed by atoms with van der Waals surface area (Å²) in [5.41, 5.74) is 1.56. The molecule has 3 rings (SSSR count). The van der Waals surface area contributed by atoms with E-state index in [1.807, 2.05) is 41.3 Å². The van der Waals surface area contributed by atoms with Gasteiger partial charge < -0.3 is 10.2 Å². The number of carbonyl (C=O) groups excluding carboxylic acids is 2. The van der Waals surface area contributed by atoms with E-state index in [4.69, 9.17) is 0 Å². The van der Waals surface area contributed by atoms with Crippen LogP contribution < -0.4 is 5.32 Å². The van der Waals surface area contributed by atoms with Crippen LogP contribution in [-0.4, -0.2) is 46.5 Å². The highest BCUT2D eigenvalue weighted by molar-refractivity contribution is 5.93. The van der Waals surface area contributed by atoms with Crippen LogP contribution in [0.2, 0.25) is 0 Å². The monoisotopic (exact) mass is 338 g/mol. The standard InChI is InChI=1S/C19H22N4O2/c24-18(7-6-15-4-2-1-3-5-15)23-10-8-16(9-11-23)12-20-19(25)17-13-21-22-14-17/h1-7,13-14,16H,8-12H2,(H,20,25)(H,21,22)/b7-6+. The summed E-state index contributed by atoms with van der Waals surface area (Å²) in [4.78, 5) is 26.0. The predicted octanol–water partition coefficient (Wildman–Crippen LogP) is 2.09. The molecule has 130 valence electrons. The Labute approximate surface area is 146 Å². The maximum atomic E-state index is 12.3. The van der Waals surface area contributed by atoms with E-state index in [9.17, 15) is 9.59 Å². The Morgan fingerprint density at radius 3 is 2.68 bits per heavy atom. The molecule has 2 N–H and O–H groups in total. The zero-order valence-corrected chi connectivity index (χ0v) is 14.0. The van der Waals surface area contributed by atoms with E-state index >= 15 is 0 Å². The molecular weight excluding hydrogens is 316 g/mol. The molecule has 0 spiro atoms. The van der Waals surface area contributed by atoms with Crippen molar-refractivity contribution >= 4 is 17.9 Å². The zero-order valence-electron chi connectivity index (χ0n) is 14.0. The van der Waals surface area contributed by atoms with Gasteiger partial charge >= 0.3 is 0 Å². The number of nitrogens with zero attached hydrogens (tertiary/aromatic N) is 2. The molecule has 0 unspecified atom stereocenters. The van der Waals surface area contributed by atoms with Crippen LogP contribution in [0, 0.1) is 5.92 Å². The summed E-state index contributed by atoms with van der Waals surface area (Å²) >= 11 is 0. The quantitative estimate of drug-likeness (QED) is 0.820. The fraction of sp³-hybridized carbons (Fsp3) is 0.316. The molecule has 1 aromatic carbocycles. The summed E-state index contributed by atoms with van der Waals surface area (Å²) in [5.74, 6) is 0.334. The van der Waals surface area contributed by atoms with Gasteiger partial charge in [-0.3, -0.25) is 14.7 Å². The van der Waals surface area contributed by atoms with Crippen LogP contribution in [0.4, 0.5) is 0 Å². The van der Waals surface area contributed by atoms with Gasteiger partial charge in [0.1, 0.15) is 0 Å². The second kappa shape index (κ2) is 8.28. The maximum Gasteiger partial charge on any atom is 0.254 e. The number of piperidine rings is 1. The van der Waals surface area contributed by atoms with Crippen molar-refractivity contribution in [2.75, 3.05) is 19.6 Å². The highest BCUT2D eigenvalue weighted by atomic mass is 16.2. The summed E-state index contributed by atoms with van der Waals surface area (Å²) in [7, 11) is 0. The molecule has 1 saturated heterocycles. The lowest BCUT2D eigenvalue weighted by atomic mass is 9.96. The van der Waals surface area contributed by atoms with Crippen molar-refractivity contribution in [2.45, 2.75) is 12.8 Å². The first-order valence-corrected chi connectivity index (χ1v) is 8.51. The normalized spacial score (nSPS) is 15.4. The van der Waals surface area contributed by atoms with Crippen LogP contribution >= 0.6 is 0 Å². The van der Waals surface area contributed by atoms with Crippen LogP contribution in [0.1, 0.15) is 28.8 Å². The Morgan fingerprint density at radius 1 is 1.24 bits per heavy atom.